The van der Waals surface area contributed by atoms with Gasteiger partial charge >= 0.3 is 0 Å². The highest BCUT2D eigenvalue weighted by Gasteiger charge is 2.47. The number of hydrogen-bond acceptors (Lipinski definition) is 1. The molecular formula is C13H14O2. The van der Waals surface area contributed by atoms with Crippen molar-refractivity contribution < 1.29 is 9.84 Å². The normalized spacial score (nSPS) is 38.2. The first-order valence-electron chi connectivity index (χ1n) is 5.61. The minimum absolute atomic E-state index is 0.161. The molecule has 2 fully saturated rings. The van der Waals surface area contributed by atoms with Crippen LogP contribution < -0.4 is 4.74 Å². The van der Waals surface area contributed by atoms with E-state index < -0.39 is 0 Å². The highest BCUT2D eigenvalue weighted by atomic mass is 16.5. The maximum Gasteiger partial charge on any atom is 0.119 e. The standard InChI is InChI=1S/C13H14O2/c14-12-7-9-6-11(12)13(8-9)15-10-4-2-1-3-5-10/h2-5,9,11-13H,6-8H2. The van der Waals surface area contributed by atoms with E-state index in [4.69, 9.17) is 4.74 Å². The van der Waals surface area contributed by atoms with Gasteiger partial charge in [-0.15, -0.1) is 0 Å². The maximum absolute atomic E-state index is 11.6. The first-order chi connectivity index (χ1) is 7.33. The van der Waals surface area contributed by atoms with Crippen LogP contribution in [0, 0.1) is 17.9 Å². The lowest BCUT2D eigenvalue weighted by Gasteiger charge is -2.25. The lowest BCUT2D eigenvalue weighted by molar-refractivity contribution is -0.00962. The van der Waals surface area contributed by atoms with E-state index in [0.717, 1.165) is 25.0 Å². The van der Waals surface area contributed by atoms with Crippen molar-refractivity contribution in [1.29, 1.82) is 0 Å². The molecule has 1 aromatic rings. The maximum atomic E-state index is 11.6. The lowest BCUT2D eigenvalue weighted by atomic mass is 9.95. The van der Waals surface area contributed by atoms with Crippen LogP contribution in [-0.4, -0.2) is 12.2 Å². The van der Waals surface area contributed by atoms with E-state index in [9.17, 15) is 5.11 Å². The largest absolute Gasteiger partial charge is 0.490 e. The third-order valence-corrected chi connectivity index (χ3v) is 3.67. The third-order valence-electron chi connectivity index (χ3n) is 3.67. The van der Waals surface area contributed by atoms with Crippen molar-refractivity contribution in [3.63, 3.8) is 0 Å². The molecule has 4 atom stereocenters. The van der Waals surface area contributed by atoms with Gasteiger partial charge in [-0.05, 0) is 43.4 Å². The van der Waals surface area contributed by atoms with Gasteiger partial charge in [0.05, 0.1) is 6.10 Å². The number of ether oxygens (including phenoxy) is 1. The van der Waals surface area contributed by atoms with Gasteiger partial charge in [0.15, 0.2) is 0 Å². The highest BCUT2D eigenvalue weighted by Crippen LogP contribution is 2.46. The zero-order valence-electron chi connectivity index (χ0n) is 8.56. The Morgan fingerprint density at radius 2 is 2.00 bits per heavy atom. The van der Waals surface area contributed by atoms with Gasteiger partial charge in [0.1, 0.15) is 11.9 Å². The smallest absolute Gasteiger partial charge is 0.119 e. The van der Waals surface area contributed by atoms with E-state index in [0.29, 0.717) is 5.92 Å². The molecule has 0 aliphatic heterocycles. The van der Waals surface area contributed by atoms with Crippen LogP contribution in [0.4, 0.5) is 0 Å². The summed E-state index contributed by atoms with van der Waals surface area (Å²) in [5.74, 6) is 1.75. The summed E-state index contributed by atoms with van der Waals surface area (Å²) >= 11 is 0. The van der Waals surface area contributed by atoms with Crippen LogP contribution >= 0.6 is 0 Å². The Morgan fingerprint density at radius 1 is 1.20 bits per heavy atom. The third kappa shape index (κ3) is 1.63. The van der Waals surface area contributed by atoms with Crippen LogP contribution in [0.15, 0.2) is 24.3 Å². The summed E-state index contributed by atoms with van der Waals surface area (Å²) in [5.41, 5.74) is 0. The Hall–Kier alpha value is -1.02. The second-order valence-corrected chi connectivity index (χ2v) is 4.67. The van der Waals surface area contributed by atoms with Crippen LogP contribution in [0.3, 0.4) is 0 Å². The molecule has 2 bridgehead atoms. The zero-order valence-corrected chi connectivity index (χ0v) is 8.56. The van der Waals surface area contributed by atoms with Crippen LogP contribution in [0.5, 0.6) is 5.75 Å². The van der Waals surface area contributed by atoms with Crippen LogP contribution in [0.1, 0.15) is 19.3 Å². The van der Waals surface area contributed by atoms with Gasteiger partial charge in [-0.1, -0.05) is 12.1 Å². The van der Waals surface area contributed by atoms with Crippen molar-refractivity contribution in [2.24, 2.45) is 11.8 Å². The van der Waals surface area contributed by atoms with Crippen molar-refractivity contribution in [2.75, 3.05) is 0 Å². The molecule has 2 heteroatoms. The molecule has 0 N–H and O–H groups in total. The molecule has 0 aromatic heterocycles. The Morgan fingerprint density at radius 3 is 2.67 bits per heavy atom. The lowest BCUT2D eigenvalue weighted by Crippen LogP contribution is -2.32. The van der Waals surface area contributed by atoms with E-state index in [1.165, 1.54) is 0 Å². The molecule has 2 saturated carbocycles. The summed E-state index contributed by atoms with van der Waals surface area (Å²) in [6.45, 7) is 0. The van der Waals surface area contributed by atoms with Crippen molar-refractivity contribution >= 4 is 0 Å². The Kier molecular flexibility index (Phi) is 2.17. The molecule has 15 heavy (non-hydrogen) atoms. The molecule has 0 amide bonds. The zero-order chi connectivity index (χ0) is 10.3. The number of fused-ring (bicyclic) bond motifs is 2. The summed E-state index contributed by atoms with van der Waals surface area (Å²) in [6.07, 6.45) is 2.80. The summed E-state index contributed by atoms with van der Waals surface area (Å²) in [5, 5.41) is 11.6. The number of benzene rings is 1. The predicted octanol–water partition coefficient (Wildman–Crippen LogP) is 2.46. The van der Waals surface area contributed by atoms with Gasteiger partial charge in [-0.25, -0.2) is 5.11 Å². The van der Waals surface area contributed by atoms with E-state index in [1.807, 2.05) is 24.3 Å². The quantitative estimate of drug-likeness (QED) is 0.724. The summed E-state index contributed by atoms with van der Waals surface area (Å²) in [7, 11) is 0. The Labute approximate surface area is 89.9 Å². The summed E-state index contributed by atoms with van der Waals surface area (Å²) in [4.78, 5) is 0. The van der Waals surface area contributed by atoms with Gasteiger partial charge < -0.3 is 4.74 Å². The van der Waals surface area contributed by atoms with Crippen molar-refractivity contribution in [2.45, 2.75) is 31.5 Å². The minimum atomic E-state index is -0.385. The molecule has 0 heterocycles. The first kappa shape index (κ1) is 9.22. The number of rotatable bonds is 2. The highest BCUT2D eigenvalue weighted by molar-refractivity contribution is 5.21. The molecule has 4 unspecified atom stereocenters. The Bertz CT molecular complexity index is 336. The average molecular weight is 202 g/mol. The average Bonchev–Trinajstić information content (AvgIpc) is 2.77. The van der Waals surface area contributed by atoms with Gasteiger partial charge in [0.2, 0.25) is 0 Å². The summed E-state index contributed by atoms with van der Waals surface area (Å²) in [6, 6.07) is 10.5. The van der Waals surface area contributed by atoms with E-state index >= 15 is 0 Å². The molecule has 0 spiro atoms. The Balaban J connectivity index is 1.70. The predicted molar refractivity (Wildman–Crippen MR) is 55.0 cm³/mol. The van der Waals surface area contributed by atoms with E-state index in [-0.39, 0.29) is 18.1 Å². The van der Waals surface area contributed by atoms with Crippen molar-refractivity contribution in [3.8, 4) is 5.75 Å². The fourth-order valence-electron chi connectivity index (χ4n) is 2.98. The van der Waals surface area contributed by atoms with Crippen molar-refractivity contribution in [3.05, 3.63) is 30.3 Å². The van der Waals surface area contributed by atoms with Gasteiger partial charge in [-0.2, -0.15) is 0 Å². The fourth-order valence-corrected chi connectivity index (χ4v) is 2.98. The van der Waals surface area contributed by atoms with Crippen LogP contribution in [0.2, 0.25) is 0 Å². The second-order valence-electron chi connectivity index (χ2n) is 4.67. The molecule has 1 aromatic carbocycles. The van der Waals surface area contributed by atoms with Crippen LogP contribution in [-0.2, 0) is 5.11 Å². The monoisotopic (exact) mass is 202 g/mol. The molecule has 78 valence electrons. The van der Waals surface area contributed by atoms with E-state index in [1.54, 1.807) is 0 Å². The molecule has 2 nitrogen and oxygen atoms in total. The first-order valence-corrected chi connectivity index (χ1v) is 5.61. The molecule has 2 radical (unpaired) electrons. The second kappa shape index (κ2) is 3.53. The van der Waals surface area contributed by atoms with Gasteiger partial charge in [-0.3, -0.25) is 0 Å². The summed E-state index contributed by atoms with van der Waals surface area (Å²) < 4.78 is 5.86. The van der Waals surface area contributed by atoms with E-state index in [2.05, 4.69) is 6.07 Å². The molecule has 2 aliphatic carbocycles. The fraction of sp³-hybridized carbons (Fsp3) is 0.538. The molecule has 3 rings (SSSR count). The molecular weight excluding hydrogens is 188 g/mol. The molecule has 0 saturated heterocycles. The van der Waals surface area contributed by atoms with Crippen molar-refractivity contribution in [1.82, 2.24) is 0 Å². The van der Waals surface area contributed by atoms with Gasteiger partial charge in [0, 0.05) is 5.92 Å². The topological polar surface area (TPSA) is 29.1 Å². The van der Waals surface area contributed by atoms with Gasteiger partial charge in [0.25, 0.3) is 0 Å². The minimum Gasteiger partial charge on any atom is -0.490 e. The SMILES string of the molecule is [O]C1CC2CC(Oc3cc[c]cc3)C1C2. The molecule has 2 aliphatic rings. The number of hydrogen-bond donors (Lipinski definition) is 0. The van der Waals surface area contributed by atoms with Crippen LogP contribution in [0.25, 0.3) is 0 Å².